The van der Waals surface area contributed by atoms with Crippen LogP contribution in [0.1, 0.15) is 19.4 Å². The fourth-order valence-electron chi connectivity index (χ4n) is 1.94. The Morgan fingerprint density at radius 1 is 1.25 bits per heavy atom. The van der Waals surface area contributed by atoms with Gasteiger partial charge in [-0.1, -0.05) is 12.1 Å². The third kappa shape index (κ3) is 2.82. The van der Waals surface area contributed by atoms with Gasteiger partial charge in [0.2, 0.25) is 5.91 Å². The minimum atomic E-state index is -0.702. The maximum absolute atomic E-state index is 12.0. The first kappa shape index (κ1) is 14.5. The molecule has 1 saturated heterocycles. The van der Waals surface area contributed by atoms with E-state index in [1.165, 1.54) is 17.0 Å². The van der Waals surface area contributed by atoms with Crippen LogP contribution in [0.4, 0.5) is 10.5 Å². The Morgan fingerprint density at radius 3 is 2.30 bits per heavy atom. The van der Waals surface area contributed by atoms with Gasteiger partial charge in [-0.25, -0.2) is 0 Å². The molecule has 0 spiro atoms. The zero-order chi connectivity index (χ0) is 14.9. The number of nitro groups is 1. The molecular formula is C13H14N2O4S. The summed E-state index contributed by atoms with van der Waals surface area (Å²) in [5.41, 5.74) is 0.879. The molecule has 0 unspecified atom stereocenters. The number of rotatable bonds is 4. The van der Waals surface area contributed by atoms with Gasteiger partial charge in [-0.05, 0) is 37.6 Å². The molecule has 2 amide bonds. The Morgan fingerprint density at radius 2 is 1.85 bits per heavy atom. The van der Waals surface area contributed by atoms with E-state index in [2.05, 4.69) is 0 Å². The largest absolute Gasteiger partial charge is 0.289 e. The lowest BCUT2D eigenvalue weighted by Gasteiger charge is -2.16. The van der Waals surface area contributed by atoms with E-state index in [-0.39, 0.29) is 16.8 Å². The molecule has 106 valence electrons. The van der Waals surface area contributed by atoms with Crippen molar-refractivity contribution in [3.63, 3.8) is 0 Å². The molecule has 20 heavy (non-hydrogen) atoms. The van der Waals surface area contributed by atoms with Crippen molar-refractivity contribution < 1.29 is 14.5 Å². The summed E-state index contributed by atoms with van der Waals surface area (Å²) >= 11 is 1.03. The van der Waals surface area contributed by atoms with Crippen LogP contribution < -0.4 is 0 Å². The van der Waals surface area contributed by atoms with Crippen LogP contribution >= 0.6 is 11.8 Å². The number of thioether (sulfide) groups is 1. The van der Waals surface area contributed by atoms with Gasteiger partial charge in [-0.2, -0.15) is 0 Å². The molecule has 2 rings (SSSR count). The van der Waals surface area contributed by atoms with Crippen LogP contribution in [0.25, 0.3) is 0 Å². The highest BCUT2D eigenvalue weighted by molar-refractivity contribution is 8.16. The molecule has 1 aromatic rings. The van der Waals surface area contributed by atoms with Gasteiger partial charge in [0.1, 0.15) is 0 Å². The summed E-state index contributed by atoms with van der Waals surface area (Å²) in [5.74, 6) is -0.186. The molecule has 1 fully saturated rings. The fraction of sp³-hybridized carbons (Fsp3) is 0.385. The van der Waals surface area contributed by atoms with Crippen LogP contribution in [-0.2, 0) is 11.2 Å². The van der Waals surface area contributed by atoms with Crippen molar-refractivity contribution in [2.45, 2.75) is 25.0 Å². The van der Waals surface area contributed by atoms with E-state index in [0.29, 0.717) is 13.0 Å². The van der Waals surface area contributed by atoms with Gasteiger partial charge >= 0.3 is 0 Å². The first-order chi connectivity index (χ1) is 9.31. The lowest BCUT2D eigenvalue weighted by molar-refractivity contribution is -0.384. The van der Waals surface area contributed by atoms with Crippen molar-refractivity contribution in [3.8, 4) is 0 Å². The first-order valence-electron chi connectivity index (χ1n) is 6.09. The second kappa shape index (κ2) is 5.24. The van der Waals surface area contributed by atoms with Crippen molar-refractivity contribution in [2.75, 3.05) is 6.54 Å². The number of nitrogens with zero attached hydrogens (tertiary/aromatic N) is 2. The van der Waals surface area contributed by atoms with Gasteiger partial charge in [-0.3, -0.25) is 24.6 Å². The molecule has 0 N–H and O–H groups in total. The van der Waals surface area contributed by atoms with Crippen molar-refractivity contribution in [1.82, 2.24) is 4.90 Å². The highest BCUT2D eigenvalue weighted by Gasteiger charge is 2.45. The second-order valence-corrected chi connectivity index (χ2v) is 6.58. The number of hydrogen-bond donors (Lipinski definition) is 0. The highest BCUT2D eigenvalue weighted by atomic mass is 32.2. The summed E-state index contributed by atoms with van der Waals surface area (Å²) in [7, 11) is 0. The van der Waals surface area contributed by atoms with Gasteiger partial charge < -0.3 is 0 Å². The van der Waals surface area contributed by atoms with Crippen LogP contribution in [0.5, 0.6) is 0 Å². The van der Waals surface area contributed by atoms with Gasteiger partial charge in [0, 0.05) is 18.7 Å². The lowest BCUT2D eigenvalue weighted by Crippen LogP contribution is -2.36. The van der Waals surface area contributed by atoms with Gasteiger partial charge in [0.15, 0.2) is 0 Å². The summed E-state index contributed by atoms with van der Waals surface area (Å²) in [6.45, 7) is 3.75. The molecule has 6 nitrogen and oxygen atoms in total. The van der Waals surface area contributed by atoms with E-state index in [0.717, 1.165) is 17.3 Å². The molecule has 1 aromatic carbocycles. The van der Waals surface area contributed by atoms with Gasteiger partial charge in [-0.15, -0.1) is 0 Å². The number of amides is 2. The summed E-state index contributed by atoms with van der Waals surface area (Å²) < 4.78 is -0.702. The van der Waals surface area contributed by atoms with Crippen LogP contribution in [0.2, 0.25) is 0 Å². The number of non-ortho nitro benzene ring substituents is 1. The smallest absolute Gasteiger partial charge is 0.273 e. The zero-order valence-electron chi connectivity index (χ0n) is 11.2. The Labute approximate surface area is 120 Å². The van der Waals surface area contributed by atoms with E-state index < -0.39 is 9.67 Å². The quantitative estimate of drug-likeness (QED) is 0.630. The summed E-state index contributed by atoms with van der Waals surface area (Å²) in [6, 6.07) is 6.12. The number of hydrogen-bond acceptors (Lipinski definition) is 5. The Bertz CT molecular complexity index is 568. The lowest BCUT2D eigenvalue weighted by atomic mass is 10.1. The molecule has 1 heterocycles. The van der Waals surface area contributed by atoms with Crippen LogP contribution in [0.15, 0.2) is 24.3 Å². The van der Waals surface area contributed by atoms with Crippen molar-refractivity contribution in [2.24, 2.45) is 0 Å². The second-order valence-electron chi connectivity index (χ2n) is 5.01. The predicted molar refractivity (Wildman–Crippen MR) is 75.6 cm³/mol. The average molecular weight is 294 g/mol. The standard InChI is InChI=1S/C13H14N2O4S/c1-13(2)11(16)14(12(17)20-13)8-7-9-3-5-10(6-4-9)15(18)19/h3-6H,7-8H2,1-2H3. The monoisotopic (exact) mass is 294 g/mol. The Balaban J connectivity index is 2.00. The first-order valence-corrected chi connectivity index (χ1v) is 6.91. The number of nitro benzene ring substituents is 1. The van der Waals surface area contributed by atoms with Crippen molar-refractivity contribution in [3.05, 3.63) is 39.9 Å². The minimum absolute atomic E-state index is 0.0266. The van der Waals surface area contributed by atoms with Gasteiger partial charge in [0.25, 0.3) is 10.9 Å². The maximum Gasteiger partial charge on any atom is 0.289 e. The topological polar surface area (TPSA) is 80.5 Å². The molecule has 7 heteroatoms. The van der Waals surface area contributed by atoms with Crippen LogP contribution in [0.3, 0.4) is 0 Å². The zero-order valence-corrected chi connectivity index (χ0v) is 12.0. The van der Waals surface area contributed by atoms with E-state index >= 15 is 0 Å². The predicted octanol–water partition coefficient (Wildman–Crippen LogP) is 2.61. The summed E-state index contributed by atoms with van der Waals surface area (Å²) in [5, 5.41) is 10.3. The molecule has 0 saturated carbocycles. The molecule has 1 aliphatic heterocycles. The average Bonchev–Trinajstić information content (AvgIpc) is 2.57. The number of carbonyl (C=O) groups is 2. The highest BCUT2D eigenvalue weighted by Crippen LogP contribution is 2.36. The fourth-order valence-corrected chi connectivity index (χ4v) is 2.86. The van der Waals surface area contributed by atoms with E-state index in [9.17, 15) is 19.7 Å². The van der Waals surface area contributed by atoms with Crippen molar-refractivity contribution >= 4 is 28.6 Å². The Hall–Kier alpha value is -1.89. The Kier molecular flexibility index (Phi) is 3.80. The summed E-state index contributed by atoms with van der Waals surface area (Å²) in [4.78, 5) is 35.1. The molecule has 0 bridgehead atoms. The third-order valence-electron chi connectivity index (χ3n) is 3.09. The molecule has 0 aliphatic carbocycles. The minimum Gasteiger partial charge on any atom is -0.273 e. The third-order valence-corrected chi connectivity index (χ3v) is 4.17. The van der Waals surface area contributed by atoms with E-state index in [4.69, 9.17) is 0 Å². The SMILES string of the molecule is CC1(C)SC(=O)N(CCc2ccc([N+](=O)[O-])cc2)C1=O. The molecule has 0 atom stereocenters. The number of benzene rings is 1. The van der Waals surface area contributed by atoms with E-state index in [1.807, 2.05) is 0 Å². The van der Waals surface area contributed by atoms with E-state index in [1.54, 1.807) is 26.0 Å². The molecule has 0 aromatic heterocycles. The summed E-state index contributed by atoms with van der Waals surface area (Å²) in [6.07, 6.45) is 0.492. The van der Waals surface area contributed by atoms with Crippen LogP contribution in [-0.4, -0.2) is 32.3 Å². The maximum atomic E-state index is 12.0. The molecule has 0 radical (unpaired) electrons. The number of imide groups is 1. The molecular weight excluding hydrogens is 280 g/mol. The molecule has 1 aliphatic rings. The van der Waals surface area contributed by atoms with Gasteiger partial charge in [0.05, 0.1) is 9.67 Å². The van der Waals surface area contributed by atoms with Crippen LogP contribution in [0, 0.1) is 10.1 Å². The number of carbonyl (C=O) groups excluding carboxylic acids is 2. The normalized spacial score (nSPS) is 17.6. The van der Waals surface area contributed by atoms with Crippen molar-refractivity contribution in [1.29, 1.82) is 0 Å².